The summed E-state index contributed by atoms with van der Waals surface area (Å²) in [6.45, 7) is 0. The number of carbonyl (C=O) groups excluding carboxylic acids is 2. The molecule has 3 amide bonds. The molecule has 4 nitrogen and oxygen atoms in total. The Kier molecular flexibility index (Phi) is 5.00. The normalized spacial score (nSPS) is 11.1. The minimum atomic E-state index is -4.78. The Hall–Kier alpha value is -3.04. The van der Waals surface area contributed by atoms with Gasteiger partial charge < -0.3 is 5.32 Å². The molecule has 0 aliphatic heterocycles. The maximum absolute atomic E-state index is 13.5. The summed E-state index contributed by atoms with van der Waals surface area (Å²) in [7, 11) is 0. The molecule has 0 spiro atoms. The van der Waals surface area contributed by atoms with Crippen molar-refractivity contribution in [3.63, 3.8) is 0 Å². The van der Waals surface area contributed by atoms with E-state index in [1.807, 2.05) is 0 Å². The van der Waals surface area contributed by atoms with Gasteiger partial charge in [0.25, 0.3) is 5.91 Å². The van der Waals surface area contributed by atoms with E-state index in [2.05, 4.69) is 0 Å². The average Bonchev–Trinajstić information content (AvgIpc) is 2.48. The molecular formula is C15H8F6N2O2. The summed E-state index contributed by atoms with van der Waals surface area (Å²) in [6.07, 6.45) is -4.78. The lowest BCUT2D eigenvalue weighted by atomic mass is 10.2. The van der Waals surface area contributed by atoms with Gasteiger partial charge in [-0.2, -0.15) is 13.2 Å². The molecule has 0 aliphatic carbocycles. The lowest BCUT2D eigenvalue weighted by molar-refractivity contribution is -0.137. The van der Waals surface area contributed by atoms with Crippen molar-refractivity contribution in [2.24, 2.45) is 0 Å². The fourth-order valence-electron chi connectivity index (χ4n) is 1.83. The van der Waals surface area contributed by atoms with Crippen LogP contribution in [0, 0.1) is 17.5 Å². The van der Waals surface area contributed by atoms with Gasteiger partial charge in [0.05, 0.1) is 11.3 Å². The molecule has 132 valence electrons. The highest BCUT2D eigenvalue weighted by atomic mass is 19.4. The first-order chi connectivity index (χ1) is 11.6. The number of urea groups is 1. The van der Waals surface area contributed by atoms with Crippen molar-refractivity contribution in [2.45, 2.75) is 6.18 Å². The van der Waals surface area contributed by atoms with E-state index in [4.69, 9.17) is 0 Å². The van der Waals surface area contributed by atoms with Crippen LogP contribution in [0.1, 0.15) is 15.9 Å². The molecule has 0 aliphatic rings. The quantitative estimate of drug-likeness (QED) is 0.791. The Morgan fingerprint density at radius 2 is 1.48 bits per heavy atom. The Bertz CT molecular complexity index is 815. The predicted octanol–water partition coefficient (Wildman–Crippen LogP) is 4.08. The van der Waals surface area contributed by atoms with Gasteiger partial charge in [-0.25, -0.2) is 18.0 Å². The van der Waals surface area contributed by atoms with Crippen molar-refractivity contribution in [1.29, 1.82) is 0 Å². The number of amides is 3. The zero-order valence-electron chi connectivity index (χ0n) is 12.0. The second kappa shape index (κ2) is 6.83. The van der Waals surface area contributed by atoms with Gasteiger partial charge >= 0.3 is 12.2 Å². The van der Waals surface area contributed by atoms with Crippen LogP contribution in [0.2, 0.25) is 0 Å². The Morgan fingerprint density at radius 3 is 2.04 bits per heavy atom. The minimum absolute atomic E-state index is 0.309. The SMILES string of the molecule is O=C(NC(=O)c1c(F)cccc1F)Nc1cc(C(F)(F)F)ccc1F. The Morgan fingerprint density at radius 1 is 0.880 bits per heavy atom. The van der Waals surface area contributed by atoms with Crippen LogP contribution in [0.4, 0.5) is 36.8 Å². The number of benzene rings is 2. The molecule has 0 saturated carbocycles. The van der Waals surface area contributed by atoms with Crippen LogP contribution >= 0.6 is 0 Å². The third-order valence-corrected chi connectivity index (χ3v) is 2.96. The van der Waals surface area contributed by atoms with Gasteiger partial charge in [-0.1, -0.05) is 6.07 Å². The number of imide groups is 1. The second-order valence-corrected chi connectivity index (χ2v) is 4.70. The lowest BCUT2D eigenvalue weighted by Crippen LogP contribution is -2.35. The summed E-state index contributed by atoms with van der Waals surface area (Å²) in [6, 6.07) is 2.29. The number of rotatable bonds is 2. The lowest BCUT2D eigenvalue weighted by Gasteiger charge is -2.11. The molecule has 2 N–H and O–H groups in total. The maximum atomic E-state index is 13.5. The van der Waals surface area contributed by atoms with E-state index in [9.17, 15) is 35.9 Å². The van der Waals surface area contributed by atoms with Crippen LogP contribution in [0.3, 0.4) is 0 Å². The number of alkyl halides is 3. The topological polar surface area (TPSA) is 58.2 Å². The van der Waals surface area contributed by atoms with Crippen molar-refractivity contribution >= 4 is 17.6 Å². The van der Waals surface area contributed by atoms with Crippen LogP contribution < -0.4 is 10.6 Å². The van der Waals surface area contributed by atoms with E-state index in [0.29, 0.717) is 18.2 Å². The summed E-state index contributed by atoms with van der Waals surface area (Å²) in [5, 5.41) is 3.17. The number of carbonyl (C=O) groups is 2. The van der Waals surface area contributed by atoms with Crippen molar-refractivity contribution in [3.8, 4) is 0 Å². The second-order valence-electron chi connectivity index (χ2n) is 4.70. The maximum Gasteiger partial charge on any atom is 0.416 e. The molecule has 0 aromatic heterocycles. The monoisotopic (exact) mass is 362 g/mol. The fourth-order valence-corrected chi connectivity index (χ4v) is 1.83. The molecule has 0 heterocycles. The molecule has 0 atom stereocenters. The van der Waals surface area contributed by atoms with Crippen LogP contribution in [-0.2, 0) is 6.18 Å². The number of anilines is 1. The fraction of sp³-hybridized carbons (Fsp3) is 0.0667. The Labute approximate surface area is 136 Å². The van der Waals surface area contributed by atoms with Gasteiger partial charge in [0.2, 0.25) is 0 Å². The third-order valence-electron chi connectivity index (χ3n) is 2.96. The molecule has 0 fully saturated rings. The number of halogens is 6. The number of hydrogen-bond donors (Lipinski definition) is 2. The number of hydrogen-bond acceptors (Lipinski definition) is 2. The molecule has 2 aromatic rings. The zero-order valence-corrected chi connectivity index (χ0v) is 12.0. The molecule has 0 saturated heterocycles. The third kappa shape index (κ3) is 4.28. The van der Waals surface area contributed by atoms with Crippen LogP contribution in [-0.4, -0.2) is 11.9 Å². The van der Waals surface area contributed by atoms with E-state index in [-0.39, 0.29) is 0 Å². The smallest absolute Gasteiger partial charge is 0.305 e. The van der Waals surface area contributed by atoms with Crippen LogP contribution in [0.25, 0.3) is 0 Å². The highest BCUT2D eigenvalue weighted by Crippen LogP contribution is 2.31. The summed E-state index contributed by atoms with van der Waals surface area (Å²) in [4.78, 5) is 23.3. The van der Waals surface area contributed by atoms with Gasteiger partial charge in [-0.15, -0.1) is 0 Å². The summed E-state index contributed by atoms with van der Waals surface area (Å²) in [5.41, 5.74) is -3.17. The minimum Gasteiger partial charge on any atom is -0.305 e. The van der Waals surface area contributed by atoms with Crippen molar-refractivity contribution in [3.05, 3.63) is 65.0 Å². The highest BCUT2D eigenvalue weighted by molar-refractivity contribution is 6.08. The van der Waals surface area contributed by atoms with Gasteiger partial charge in [-0.05, 0) is 30.3 Å². The molecule has 10 heteroatoms. The van der Waals surface area contributed by atoms with Crippen LogP contribution in [0.15, 0.2) is 36.4 Å². The van der Waals surface area contributed by atoms with E-state index in [0.717, 1.165) is 18.2 Å². The van der Waals surface area contributed by atoms with E-state index < -0.39 is 52.4 Å². The summed E-state index contributed by atoms with van der Waals surface area (Å²) >= 11 is 0. The molecule has 0 bridgehead atoms. The highest BCUT2D eigenvalue weighted by Gasteiger charge is 2.31. The van der Waals surface area contributed by atoms with E-state index >= 15 is 0 Å². The van der Waals surface area contributed by atoms with Crippen LogP contribution in [0.5, 0.6) is 0 Å². The molecule has 25 heavy (non-hydrogen) atoms. The zero-order chi connectivity index (χ0) is 18.8. The Balaban J connectivity index is 2.17. The first kappa shape index (κ1) is 18.3. The van der Waals surface area contributed by atoms with E-state index in [1.54, 1.807) is 5.32 Å². The first-order valence-corrected chi connectivity index (χ1v) is 6.52. The molecule has 2 rings (SSSR count). The molecular weight excluding hydrogens is 354 g/mol. The molecule has 0 radical (unpaired) electrons. The van der Waals surface area contributed by atoms with Gasteiger partial charge in [0, 0.05) is 0 Å². The first-order valence-electron chi connectivity index (χ1n) is 6.52. The van der Waals surface area contributed by atoms with Gasteiger partial charge in [0.1, 0.15) is 23.0 Å². The molecule has 2 aromatic carbocycles. The average molecular weight is 362 g/mol. The van der Waals surface area contributed by atoms with Crippen molar-refractivity contribution in [1.82, 2.24) is 5.32 Å². The van der Waals surface area contributed by atoms with Gasteiger partial charge in [-0.3, -0.25) is 10.1 Å². The van der Waals surface area contributed by atoms with Crippen molar-refractivity contribution < 1.29 is 35.9 Å². The largest absolute Gasteiger partial charge is 0.416 e. The van der Waals surface area contributed by atoms with E-state index in [1.165, 1.54) is 5.32 Å². The predicted molar refractivity (Wildman–Crippen MR) is 74.2 cm³/mol. The molecule has 0 unspecified atom stereocenters. The van der Waals surface area contributed by atoms with Gasteiger partial charge in [0.15, 0.2) is 0 Å². The number of nitrogens with one attached hydrogen (secondary N) is 2. The van der Waals surface area contributed by atoms with Crippen molar-refractivity contribution in [2.75, 3.05) is 5.32 Å². The summed E-state index contributed by atoms with van der Waals surface area (Å²) < 4.78 is 78.0. The standard InChI is InChI=1S/C15H8F6N2O2/c16-8-5-4-7(15(19,20)21)6-11(8)22-14(25)23-13(24)12-9(17)2-1-3-10(12)18/h1-6H,(H2,22,23,24,25). The summed E-state index contributed by atoms with van der Waals surface area (Å²) in [5.74, 6) is -5.20.